The number of nitro groups is 1. The summed E-state index contributed by atoms with van der Waals surface area (Å²) in [6, 6.07) is 2.64. The Labute approximate surface area is 135 Å². The van der Waals surface area contributed by atoms with Gasteiger partial charge in [-0.15, -0.1) is 11.3 Å². The van der Waals surface area contributed by atoms with Crippen LogP contribution in [-0.2, 0) is 6.61 Å². The van der Waals surface area contributed by atoms with Gasteiger partial charge in [0.1, 0.15) is 6.61 Å². The van der Waals surface area contributed by atoms with E-state index in [-0.39, 0.29) is 28.1 Å². The minimum absolute atomic E-state index is 0.00859. The lowest BCUT2D eigenvalue weighted by Crippen LogP contribution is -2.02. The number of halogens is 2. The molecule has 0 aliphatic carbocycles. The highest BCUT2D eigenvalue weighted by Gasteiger charge is 2.20. The molecule has 2 aromatic rings. The Hall–Kier alpha value is -1.71. The quantitative estimate of drug-likeness (QED) is 0.613. The maximum atomic E-state index is 11.0. The molecule has 0 saturated carbocycles. The molecule has 1 aromatic heterocycles. The van der Waals surface area contributed by atoms with Crippen LogP contribution < -0.4 is 4.74 Å². The van der Waals surface area contributed by atoms with Crippen LogP contribution in [0.5, 0.6) is 5.75 Å². The first kappa shape index (κ1) is 15.7. The van der Waals surface area contributed by atoms with Crippen LogP contribution in [0.2, 0.25) is 5.02 Å². The molecule has 2 rings (SSSR count). The lowest BCUT2D eigenvalue weighted by atomic mass is 10.3. The molecule has 0 unspecified atom stereocenters. The summed E-state index contributed by atoms with van der Waals surface area (Å²) < 4.78 is 5.70. The molecule has 0 radical (unpaired) electrons. The van der Waals surface area contributed by atoms with Crippen LogP contribution in [0.15, 0.2) is 22.0 Å². The van der Waals surface area contributed by atoms with E-state index in [1.807, 2.05) is 0 Å². The van der Waals surface area contributed by atoms with Crippen LogP contribution in [0.25, 0.3) is 0 Å². The SMILES string of the molecule is O=C(O)c1nc(COc2c(Br)cc(Cl)cc2[N+](=O)[O-])cs1. The summed E-state index contributed by atoms with van der Waals surface area (Å²) >= 11 is 9.85. The van der Waals surface area contributed by atoms with Gasteiger partial charge in [0.05, 0.1) is 15.1 Å². The summed E-state index contributed by atoms with van der Waals surface area (Å²) in [5, 5.41) is 21.4. The van der Waals surface area contributed by atoms with Crippen LogP contribution in [0, 0.1) is 10.1 Å². The molecule has 1 aromatic carbocycles. The largest absolute Gasteiger partial charge is 0.479 e. The van der Waals surface area contributed by atoms with E-state index in [1.54, 1.807) is 0 Å². The van der Waals surface area contributed by atoms with Gasteiger partial charge in [-0.3, -0.25) is 10.1 Å². The molecule has 21 heavy (non-hydrogen) atoms. The zero-order valence-electron chi connectivity index (χ0n) is 10.1. The second-order valence-corrected chi connectivity index (χ2v) is 5.88. The van der Waals surface area contributed by atoms with E-state index in [2.05, 4.69) is 20.9 Å². The summed E-state index contributed by atoms with van der Waals surface area (Å²) in [7, 11) is 0. The van der Waals surface area contributed by atoms with Crippen LogP contribution >= 0.6 is 38.9 Å². The smallest absolute Gasteiger partial charge is 0.365 e. The minimum Gasteiger partial charge on any atom is -0.479 e. The van der Waals surface area contributed by atoms with Crippen LogP contribution in [0.1, 0.15) is 15.5 Å². The van der Waals surface area contributed by atoms with Crippen molar-refractivity contribution in [2.24, 2.45) is 0 Å². The van der Waals surface area contributed by atoms with Crippen molar-refractivity contribution in [1.29, 1.82) is 0 Å². The molecule has 0 spiro atoms. The number of rotatable bonds is 5. The second kappa shape index (κ2) is 6.37. The molecule has 0 aliphatic heterocycles. The fourth-order valence-corrected chi connectivity index (χ4v) is 2.99. The number of hydrogen-bond donors (Lipinski definition) is 1. The highest BCUT2D eigenvalue weighted by molar-refractivity contribution is 9.10. The Bertz CT molecular complexity index is 721. The van der Waals surface area contributed by atoms with E-state index in [0.717, 1.165) is 11.3 Å². The zero-order valence-corrected chi connectivity index (χ0v) is 13.2. The second-order valence-electron chi connectivity index (χ2n) is 3.73. The fraction of sp³-hybridized carbons (Fsp3) is 0.0909. The number of hydrogen-bond acceptors (Lipinski definition) is 6. The number of nitro benzene ring substituents is 1. The summed E-state index contributed by atoms with van der Waals surface area (Å²) in [4.78, 5) is 24.9. The number of aromatic nitrogens is 1. The minimum atomic E-state index is -1.13. The summed E-state index contributed by atoms with van der Waals surface area (Å²) in [5.74, 6) is -1.13. The lowest BCUT2D eigenvalue weighted by molar-refractivity contribution is -0.386. The predicted octanol–water partition coefficient (Wildman–Crippen LogP) is 3.74. The predicted molar refractivity (Wildman–Crippen MR) is 79.2 cm³/mol. The Morgan fingerprint density at radius 3 is 2.86 bits per heavy atom. The standard InChI is InChI=1S/C11H6BrClN2O5S/c12-7-1-5(13)2-8(15(18)19)9(7)20-3-6-4-21-10(14-6)11(16)17/h1-2,4H,3H2,(H,16,17). The average molecular weight is 394 g/mol. The number of ether oxygens (including phenoxy) is 1. The molecular formula is C11H6BrClN2O5S. The molecule has 1 heterocycles. The molecule has 110 valence electrons. The van der Waals surface area contributed by atoms with Crippen molar-refractivity contribution in [3.8, 4) is 5.75 Å². The monoisotopic (exact) mass is 392 g/mol. The molecule has 0 atom stereocenters. The van der Waals surface area contributed by atoms with Crippen molar-refractivity contribution in [3.05, 3.63) is 47.8 Å². The van der Waals surface area contributed by atoms with Gasteiger partial charge in [-0.25, -0.2) is 9.78 Å². The van der Waals surface area contributed by atoms with Crippen LogP contribution in [-0.4, -0.2) is 21.0 Å². The maximum absolute atomic E-state index is 11.0. The molecule has 0 aliphatic rings. The summed E-state index contributed by atoms with van der Waals surface area (Å²) in [6.07, 6.45) is 0. The Morgan fingerprint density at radius 2 is 2.29 bits per heavy atom. The Morgan fingerprint density at radius 1 is 1.57 bits per heavy atom. The molecule has 7 nitrogen and oxygen atoms in total. The van der Waals surface area contributed by atoms with Gasteiger partial charge in [0.15, 0.2) is 0 Å². The highest BCUT2D eigenvalue weighted by atomic mass is 79.9. The van der Waals surface area contributed by atoms with Crippen molar-refractivity contribution < 1.29 is 19.6 Å². The average Bonchev–Trinajstić information content (AvgIpc) is 2.85. The topological polar surface area (TPSA) is 103 Å². The van der Waals surface area contributed by atoms with E-state index >= 15 is 0 Å². The molecule has 0 saturated heterocycles. The molecule has 0 fully saturated rings. The maximum Gasteiger partial charge on any atom is 0.365 e. The zero-order chi connectivity index (χ0) is 15.6. The first-order chi connectivity index (χ1) is 9.88. The number of thiazole rings is 1. The number of carbonyl (C=O) groups is 1. The van der Waals surface area contributed by atoms with Gasteiger partial charge < -0.3 is 9.84 Å². The number of carboxylic acid groups (broad SMARTS) is 1. The van der Waals surface area contributed by atoms with Crippen molar-refractivity contribution in [1.82, 2.24) is 4.98 Å². The van der Waals surface area contributed by atoms with Gasteiger partial charge in [-0.1, -0.05) is 11.6 Å². The number of carboxylic acids is 1. The fourth-order valence-electron chi connectivity index (χ4n) is 1.44. The molecule has 10 heteroatoms. The van der Waals surface area contributed by atoms with E-state index in [4.69, 9.17) is 21.4 Å². The summed E-state index contributed by atoms with van der Waals surface area (Å²) in [5.41, 5.74) is 0.0802. The van der Waals surface area contributed by atoms with Crippen LogP contribution in [0.3, 0.4) is 0 Å². The molecule has 0 amide bonds. The number of aromatic carboxylic acids is 1. The van der Waals surface area contributed by atoms with Crippen molar-refractivity contribution >= 4 is 50.5 Å². The Balaban J connectivity index is 2.23. The number of nitrogens with zero attached hydrogens (tertiary/aromatic N) is 2. The molecular weight excluding hydrogens is 388 g/mol. The van der Waals surface area contributed by atoms with Crippen molar-refractivity contribution in [2.45, 2.75) is 6.61 Å². The normalized spacial score (nSPS) is 10.4. The van der Waals surface area contributed by atoms with Gasteiger partial charge in [0.25, 0.3) is 0 Å². The van der Waals surface area contributed by atoms with Gasteiger partial charge in [-0.2, -0.15) is 0 Å². The van der Waals surface area contributed by atoms with Gasteiger partial charge in [-0.05, 0) is 22.0 Å². The third kappa shape index (κ3) is 3.69. The molecule has 0 bridgehead atoms. The molecule has 1 N–H and O–H groups in total. The Kier molecular flexibility index (Phi) is 4.76. The first-order valence-electron chi connectivity index (χ1n) is 5.32. The van der Waals surface area contributed by atoms with Crippen molar-refractivity contribution in [3.63, 3.8) is 0 Å². The van der Waals surface area contributed by atoms with Gasteiger partial charge >= 0.3 is 11.7 Å². The van der Waals surface area contributed by atoms with E-state index in [9.17, 15) is 14.9 Å². The van der Waals surface area contributed by atoms with E-state index in [0.29, 0.717) is 10.2 Å². The van der Waals surface area contributed by atoms with E-state index in [1.165, 1.54) is 17.5 Å². The highest BCUT2D eigenvalue weighted by Crippen LogP contribution is 2.38. The van der Waals surface area contributed by atoms with Gasteiger partial charge in [0.2, 0.25) is 10.8 Å². The third-order valence-corrected chi connectivity index (χ3v) is 3.97. The summed E-state index contributed by atoms with van der Waals surface area (Å²) in [6.45, 7) is -0.0924. The first-order valence-corrected chi connectivity index (χ1v) is 7.37. The third-order valence-electron chi connectivity index (χ3n) is 2.28. The lowest BCUT2D eigenvalue weighted by Gasteiger charge is -2.07. The van der Waals surface area contributed by atoms with E-state index < -0.39 is 10.9 Å². The van der Waals surface area contributed by atoms with Crippen molar-refractivity contribution in [2.75, 3.05) is 0 Å². The van der Waals surface area contributed by atoms with Gasteiger partial charge in [0, 0.05) is 16.5 Å². The number of benzene rings is 1. The van der Waals surface area contributed by atoms with Crippen LogP contribution in [0.4, 0.5) is 5.69 Å².